The van der Waals surface area contributed by atoms with Gasteiger partial charge in [0.1, 0.15) is 6.04 Å². The molecule has 22 heavy (non-hydrogen) atoms. The largest absolute Gasteiger partial charge is 0.333 e. The minimum atomic E-state index is -0.00173. The summed E-state index contributed by atoms with van der Waals surface area (Å²) in [4.78, 5) is 12.0. The van der Waals surface area contributed by atoms with Crippen molar-refractivity contribution in [3.8, 4) is 0 Å². The second kappa shape index (κ2) is 7.97. The molecule has 0 aliphatic heterocycles. The lowest BCUT2D eigenvalue weighted by Crippen LogP contribution is -2.86. The highest BCUT2D eigenvalue weighted by Gasteiger charge is 2.11. The van der Waals surface area contributed by atoms with E-state index in [2.05, 4.69) is 19.2 Å². The van der Waals surface area contributed by atoms with Crippen LogP contribution >= 0.6 is 11.6 Å². The maximum Gasteiger partial charge on any atom is 0.279 e. The van der Waals surface area contributed by atoms with Crippen molar-refractivity contribution in [1.82, 2.24) is 0 Å². The fourth-order valence-corrected chi connectivity index (χ4v) is 2.44. The molecule has 4 heteroatoms. The van der Waals surface area contributed by atoms with E-state index in [4.69, 9.17) is 11.6 Å². The zero-order chi connectivity index (χ0) is 15.9. The Hall–Kier alpha value is -1.84. The molecule has 0 saturated heterocycles. The standard InChI is InChI=1S/C18H21ClN2O/c1-3-14-7-9-17(10-8-14)21-18(22)12-20-13(2)15-5-4-6-16(19)11-15/h4-11,13,20H,3,12H2,1-2H3,(H,21,22)/p+1/t13-/m0/s1. The Morgan fingerprint density at radius 3 is 2.59 bits per heavy atom. The van der Waals surface area contributed by atoms with E-state index in [-0.39, 0.29) is 11.9 Å². The molecule has 0 aliphatic carbocycles. The average molecular weight is 318 g/mol. The number of aryl methyl sites for hydroxylation is 1. The number of amides is 1. The van der Waals surface area contributed by atoms with Crippen LogP contribution in [0.5, 0.6) is 0 Å². The Bertz CT molecular complexity index is 625. The normalized spacial score (nSPS) is 12.0. The molecule has 0 heterocycles. The number of carbonyl (C=O) groups is 1. The van der Waals surface area contributed by atoms with Gasteiger partial charge < -0.3 is 10.6 Å². The van der Waals surface area contributed by atoms with Gasteiger partial charge in [-0.3, -0.25) is 4.79 Å². The fourth-order valence-electron chi connectivity index (χ4n) is 2.25. The summed E-state index contributed by atoms with van der Waals surface area (Å²) in [6.45, 7) is 4.55. The van der Waals surface area contributed by atoms with Gasteiger partial charge in [-0.1, -0.05) is 42.8 Å². The Morgan fingerprint density at radius 1 is 1.23 bits per heavy atom. The molecule has 116 valence electrons. The van der Waals surface area contributed by atoms with Gasteiger partial charge in [-0.2, -0.15) is 0 Å². The SMILES string of the molecule is CCc1ccc(NC(=O)C[NH2+][C@@H](C)c2cccc(Cl)c2)cc1. The Kier molecular flexibility index (Phi) is 5.99. The van der Waals surface area contributed by atoms with Gasteiger partial charge >= 0.3 is 0 Å². The molecule has 0 radical (unpaired) electrons. The van der Waals surface area contributed by atoms with Gasteiger partial charge in [0.25, 0.3) is 5.91 Å². The minimum absolute atomic E-state index is 0.00173. The van der Waals surface area contributed by atoms with Gasteiger partial charge in [0, 0.05) is 16.3 Å². The number of benzene rings is 2. The van der Waals surface area contributed by atoms with Gasteiger partial charge in [0.05, 0.1) is 0 Å². The van der Waals surface area contributed by atoms with Crippen molar-refractivity contribution in [1.29, 1.82) is 0 Å². The highest BCUT2D eigenvalue weighted by atomic mass is 35.5. The number of nitrogens with one attached hydrogen (secondary N) is 1. The van der Waals surface area contributed by atoms with Crippen LogP contribution in [0.15, 0.2) is 48.5 Å². The number of quaternary nitrogens is 1. The highest BCUT2D eigenvalue weighted by Crippen LogP contribution is 2.14. The molecule has 2 aromatic rings. The molecule has 0 aliphatic rings. The molecule has 0 spiro atoms. The zero-order valence-electron chi connectivity index (χ0n) is 13.0. The first-order chi connectivity index (χ1) is 10.6. The number of hydrogen-bond donors (Lipinski definition) is 2. The number of hydrogen-bond acceptors (Lipinski definition) is 1. The summed E-state index contributed by atoms with van der Waals surface area (Å²) in [5, 5.41) is 5.64. The summed E-state index contributed by atoms with van der Waals surface area (Å²) in [6, 6.07) is 15.9. The van der Waals surface area contributed by atoms with Crippen LogP contribution in [0.4, 0.5) is 5.69 Å². The maximum absolute atomic E-state index is 12.0. The van der Waals surface area contributed by atoms with Crippen LogP contribution in [0, 0.1) is 0 Å². The highest BCUT2D eigenvalue weighted by molar-refractivity contribution is 6.30. The molecular formula is C18H22ClN2O+. The quantitative estimate of drug-likeness (QED) is 0.844. The van der Waals surface area contributed by atoms with E-state index in [1.807, 2.05) is 53.8 Å². The topological polar surface area (TPSA) is 45.7 Å². The molecule has 1 amide bonds. The minimum Gasteiger partial charge on any atom is -0.333 e. The van der Waals surface area contributed by atoms with Crippen molar-refractivity contribution in [2.24, 2.45) is 0 Å². The monoisotopic (exact) mass is 317 g/mol. The summed E-state index contributed by atoms with van der Waals surface area (Å²) >= 11 is 5.99. The second-order valence-electron chi connectivity index (χ2n) is 5.38. The first kappa shape index (κ1) is 16.5. The lowest BCUT2D eigenvalue weighted by Gasteiger charge is -2.11. The van der Waals surface area contributed by atoms with E-state index in [0.717, 1.165) is 22.7 Å². The summed E-state index contributed by atoms with van der Waals surface area (Å²) in [7, 11) is 0. The van der Waals surface area contributed by atoms with Crippen LogP contribution in [-0.2, 0) is 11.2 Å². The lowest BCUT2D eigenvalue weighted by molar-refractivity contribution is -0.682. The van der Waals surface area contributed by atoms with Crippen molar-refractivity contribution in [3.05, 3.63) is 64.7 Å². The Morgan fingerprint density at radius 2 is 1.95 bits per heavy atom. The molecular weight excluding hydrogens is 296 g/mol. The van der Waals surface area contributed by atoms with Crippen molar-refractivity contribution in [2.75, 3.05) is 11.9 Å². The first-order valence-electron chi connectivity index (χ1n) is 7.56. The van der Waals surface area contributed by atoms with Gasteiger partial charge in [0.2, 0.25) is 0 Å². The van der Waals surface area contributed by atoms with Gasteiger partial charge in [-0.25, -0.2) is 0 Å². The van der Waals surface area contributed by atoms with Crippen LogP contribution in [0.25, 0.3) is 0 Å². The number of rotatable bonds is 6. The van der Waals surface area contributed by atoms with Crippen molar-refractivity contribution in [2.45, 2.75) is 26.3 Å². The van der Waals surface area contributed by atoms with E-state index in [0.29, 0.717) is 6.54 Å². The molecule has 0 unspecified atom stereocenters. The summed E-state index contributed by atoms with van der Waals surface area (Å²) in [5.41, 5.74) is 3.22. The van der Waals surface area contributed by atoms with Crippen LogP contribution in [0.1, 0.15) is 31.0 Å². The molecule has 0 saturated carbocycles. The number of anilines is 1. The van der Waals surface area contributed by atoms with Crippen LogP contribution in [-0.4, -0.2) is 12.5 Å². The molecule has 3 N–H and O–H groups in total. The van der Waals surface area contributed by atoms with Crippen LogP contribution < -0.4 is 10.6 Å². The van der Waals surface area contributed by atoms with E-state index >= 15 is 0 Å². The third kappa shape index (κ3) is 4.86. The molecule has 2 rings (SSSR count). The number of carbonyl (C=O) groups excluding carboxylic acids is 1. The number of halogens is 1. The Balaban J connectivity index is 1.84. The van der Waals surface area contributed by atoms with E-state index < -0.39 is 0 Å². The van der Waals surface area contributed by atoms with Crippen molar-refractivity contribution >= 4 is 23.2 Å². The third-order valence-corrected chi connectivity index (χ3v) is 3.91. The van der Waals surface area contributed by atoms with E-state index in [9.17, 15) is 4.79 Å². The molecule has 0 bridgehead atoms. The van der Waals surface area contributed by atoms with E-state index in [1.165, 1.54) is 5.56 Å². The zero-order valence-corrected chi connectivity index (χ0v) is 13.7. The second-order valence-corrected chi connectivity index (χ2v) is 5.82. The van der Waals surface area contributed by atoms with Gasteiger partial charge in [-0.05, 0) is 43.2 Å². The summed E-state index contributed by atoms with van der Waals surface area (Å²) in [5.74, 6) is -0.00173. The summed E-state index contributed by atoms with van der Waals surface area (Å²) < 4.78 is 0. The van der Waals surface area contributed by atoms with E-state index in [1.54, 1.807) is 0 Å². The number of nitrogens with two attached hydrogens (primary N) is 1. The first-order valence-corrected chi connectivity index (χ1v) is 7.94. The van der Waals surface area contributed by atoms with Gasteiger partial charge in [0.15, 0.2) is 6.54 Å². The van der Waals surface area contributed by atoms with Crippen LogP contribution in [0.3, 0.4) is 0 Å². The van der Waals surface area contributed by atoms with Crippen molar-refractivity contribution < 1.29 is 10.1 Å². The third-order valence-electron chi connectivity index (χ3n) is 3.68. The fraction of sp³-hybridized carbons (Fsp3) is 0.278. The predicted molar refractivity (Wildman–Crippen MR) is 91.1 cm³/mol. The molecule has 0 aromatic heterocycles. The summed E-state index contributed by atoms with van der Waals surface area (Å²) in [6.07, 6.45) is 0.999. The lowest BCUT2D eigenvalue weighted by atomic mass is 10.1. The maximum atomic E-state index is 12.0. The smallest absolute Gasteiger partial charge is 0.279 e. The molecule has 2 aromatic carbocycles. The predicted octanol–water partition coefficient (Wildman–Crippen LogP) is 3.17. The molecule has 0 fully saturated rings. The van der Waals surface area contributed by atoms with Crippen LogP contribution in [0.2, 0.25) is 5.02 Å². The van der Waals surface area contributed by atoms with Crippen molar-refractivity contribution in [3.63, 3.8) is 0 Å². The average Bonchev–Trinajstić information content (AvgIpc) is 2.53. The molecule has 3 nitrogen and oxygen atoms in total. The Labute approximate surface area is 136 Å². The van der Waals surface area contributed by atoms with Gasteiger partial charge in [-0.15, -0.1) is 0 Å². The molecule has 1 atom stereocenters.